The van der Waals surface area contributed by atoms with Crippen LogP contribution < -0.4 is 38.5 Å². The van der Waals surface area contributed by atoms with Crippen molar-refractivity contribution in [3.63, 3.8) is 0 Å². The van der Waals surface area contributed by atoms with Gasteiger partial charge >= 0.3 is 23.9 Å². The van der Waals surface area contributed by atoms with E-state index in [1.807, 2.05) is 24.3 Å². The Morgan fingerprint density at radius 2 is 0.523 bits per heavy atom. The molecule has 0 fully saturated rings. The smallest absolute Gasteiger partial charge is 0.307 e. The number of ether oxygens (including phenoxy) is 4. The van der Waals surface area contributed by atoms with Gasteiger partial charge in [-0.1, -0.05) is 202 Å². The zero-order chi connectivity index (χ0) is 96.9. The number of anilines is 4. The normalized spacial score (nSPS) is 22.8. The van der Waals surface area contributed by atoms with E-state index in [4.69, 9.17) is 85.8 Å². The summed E-state index contributed by atoms with van der Waals surface area (Å²) in [4.78, 5) is 53.5. The van der Waals surface area contributed by atoms with Gasteiger partial charge < -0.3 is 59.0 Å². The molecule has 0 saturated carbocycles. The van der Waals surface area contributed by atoms with Gasteiger partial charge in [0.1, 0.15) is 47.4 Å². The van der Waals surface area contributed by atoms with Crippen LogP contribution in [-0.4, -0.2) is 152 Å². The molecule has 8 aliphatic rings. The third-order valence-electron chi connectivity index (χ3n) is 26.3. The number of carboxylic acids is 4. The van der Waals surface area contributed by atoms with Crippen LogP contribution in [0.5, 0.6) is 23.0 Å². The monoisotopic (exact) mass is 1980 g/mol. The van der Waals surface area contributed by atoms with Crippen LogP contribution in [0.25, 0.3) is 0 Å². The Kier molecular flexibility index (Phi) is 38.9. The maximum Gasteiger partial charge on any atom is 0.307 e. The largest absolute Gasteiger partial charge is 0.489 e. The van der Waals surface area contributed by atoms with Crippen LogP contribution in [0, 0.1) is 21.7 Å². The summed E-state index contributed by atoms with van der Waals surface area (Å²) in [6.07, 6.45) is 42.5. The lowest BCUT2D eigenvalue weighted by Gasteiger charge is -2.38. The maximum atomic E-state index is 13.7. The molecule has 132 heavy (non-hydrogen) atoms. The third kappa shape index (κ3) is 28.1. The van der Waals surface area contributed by atoms with Crippen LogP contribution in [0.3, 0.4) is 0 Å². The van der Waals surface area contributed by atoms with Gasteiger partial charge in [0.25, 0.3) is 0 Å². The van der Waals surface area contributed by atoms with Crippen LogP contribution in [0.1, 0.15) is 263 Å². The SMILES string of the molecule is CCCC[C@@]1(CC)CN(C2=CC=CCC2)c2cc(Cl)c(O[C@@H](C)CC(=O)O)cc2S(=O)(=O)C1.CCCC[C@@]1(CC)CN(C2=CC=CCC2)c2cc(Cl)c(O[C@H](C)CC(=O)O)cc2S(=O)(=O)C1.CCCC[C@]1(CC)CN(C2=CC=CCC2)c2cc(Cl)c(O[C@@H](C)CC(=O)O)cc2S(=O)(=O)C1.CCCC[C@]1(CC)CN(C2=CC=CCC2)c2cc(Cl)c(O[C@H](C)CC(=O)O)cc2S(=O)(=O)C1. The summed E-state index contributed by atoms with van der Waals surface area (Å²) in [5, 5.41) is 37.3. The number of carboxylic acid groups (broad SMARTS) is 4. The first-order chi connectivity index (χ1) is 62.4. The lowest BCUT2D eigenvalue weighted by molar-refractivity contribution is -0.139. The van der Waals surface area contributed by atoms with E-state index in [2.05, 4.69) is 124 Å². The molecule has 0 amide bonds. The number of allylic oxidation sites excluding steroid dienone is 16. The van der Waals surface area contributed by atoms with Crippen molar-refractivity contribution < 1.29 is 92.2 Å². The van der Waals surface area contributed by atoms with Crippen LogP contribution in [-0.2, 0) is 58.5 Å². The molecule has 12 rings (SSSR count). The number of carbonyl (C=O) groups is 4. The Labute approximate surface area is 803 Å². The summed E-state index contributed by atoms with van der Waals surface area (Å²) >= 11 is 26.2. The standard InChI is InChI=1S/4C25H34ClNO5S/c4*1-4-6-12-25(5-2)16-27(19-10-8-7-9-11-19)21-14-20(26)22(32-18(3)13-24(28)29)15-23(21)33(30,31)17-25/h4*7-8,10,14-15,18H,4-6,9,11-13,16-17H2,1-3H3,(H,28,29)/t2*18-,25+;2*18-,25-/m1010/s1. The average Bonchev–Trinajstić information content (AvgIpc) is 1.61. The van der Waals surface area contributed by atoms with Crippen molar-refractivity contribution in [1.29, 1.82) is 0 Å². The number of fused-ring (bicyclic) bond motifs is 4. The van der Waals surface area contributed by atoms with Crippen molar-refractivity contribution in [3.05, 3.63) is 164 Å². The molecule has 4 aromatic carbocycles. The second-order valence-corrected chi connectivity index (χ2v) is 46.3. The summed E-state index contributed by atoms with van der Waals surface area (Å²) in [5.41, 5.74) is 5.11. The quantitative estimate of drug-likeness (QED) is 0.0329. The number of nitrogens with zero attached hydrogens (tertiary/aromatic N) is 4. The first kappa shape index (κ1) is 108. The average molecular weight is 1980 g/mol. The molecule has 4 N–H and O–H groups in total. The molecule has 4 aromatic rings. The van der Waals surface area contributed by atoms with E-state index >= 15 is 0 Å². The molecular weight excluding hydrogens is 1850 g/mol. The van der Waals surface area contributed by atoms with Crippen LogP contribution in [0.4, 0.5) is 22.7 Å². The van der Waals surface area contributed by atoms with E-state index in [1.54, 1.807) is 52.0 Å². The molecular formula is C100H136Cl4N4O20S4. The Balaban J connectivity index is 0.000000198. The Bertz CT molecular complexity index is 4870. The summed E-state index contributed by atoms with van der Waals surface area (Å²) in [7, 11) is -14.6. The van der Waals surface area contributed by atoms with E-state index in [-0.39, 0.29) is 133 Å². The molecule has 24 nitrogen and oxygen atoms in total. The molecule has 0 spiro atoms. The molecule has 8 atom stereocenters. The summed E-state index contributed by atoms with van der Waals surface area (Å²) in [6, 6.07) is 12.6. The van der Waals surface area contributed by atoms with Gasteiger partial charge in [0.2, 0.25) is 0 Å². The molecule has 32 heteroatoms. The third-order valence-corrected chi connectivity index (χ3v) is 35.4. The highest BCUT2D eigenvalue weighted by Gasteiger charge is 2.48. The predicted molar refractivity (Wildman–Crippen MR) is 528 cm³/mol. The fraction of sp³-hybridized carbons (Fsp3) is 0.560. The van der Waals surface area contributed by atoms with E-state index in [9.17, 15) is 52.8 Å². The highest BCUT2D eigenvalue weighted by Crippen LogP contribution is 2.53. The minimum atomic E-state index is -3.64. The van der Waals surface area contributed by atoms with E-state index in [0.717, 1.165) is 177 Å². The van der Waals surface area contributed by atoms with Gasteiger partial charge in [-0.2, -0.15) is 0 Å². The molecule has 0 aromatic heterocycles. The fourth-order valence-corrected chi connectivity index (χ4v) is 28.3. The highest BCUT2D eigenvalue weighted by molar-refractivity contribution is 7.92. The number of halogens is 4. The number of hydrogen-bond acceptors (Lipinski definition) is 20. The van der Waals surface area contributed by atoms with Crippen molar-refractivity contribution in [1.82, 2.24) is 0 Å². The molecule has 728 valence electrons. The molecule has 0 radical (unpaired) electrons. The van der Waals surface area contributed by atoms with Gasteiger partial charge in [0.05, 0.1) is 111 Å². The first-order valence-electron chi connectivity index (χ1n) is 46.7. The second-order valence-electron chi connectivity index (χ2n) is 36.8. The number of unbranched alkanes of at least 4 members (excludes halogenated alkanes) is 4. The van der Waals surface area contributed by atoms with Crippen LogP contribution >= 0.6 is 46.4 Å². The molecule has 4 aliphatic carbocycles. The minimum absolute atomic E-state index is 0.0644. The number of sulfone groups is 4. The first-order valence-corrected chi connectivity index (χ1v) is 54.9. The molecule has 4 heterocycles. The predicted octanol–water partition coefficient (Wildman–Crippen LogP) is 24.0. The molecule has 0 unspecified atom stereocenters. The zero-order valence-electron chi connectivity index (χ0n) is 78.6. The zero-order valence-corrected chi connectivity index (χ0v) is 84.9. The van der Waals surface area contributed by atoms with E-state index < -0.39 is 87.6 Å². The van der Waals surface area contributed by atoms with Crippen molar-refractivity contribution >= 4 is 132 Å². The topological polar surface area (TPSA) is 336 Å². The Hall–Kier alpha value is -7.96. The van der Waals surface area contributed by atoms with Gasteiger partial charge in [-0.05, 0) is 179 Å². The lowest BCUT2D eigenvalue weighted by atomic mass is 9.81. The van der Waals surface area contributed by atoms with Crippen molar-refractivity contribution in [3.8, 4) is 23.0 Å². The fourth-order valence-electron chi connectivity index (χ4n) is 18.8. The second kappa shape index (κ2) is 47.7. The highest BCUT2D eigenvalue weighted by atomic mass is 35.5. The van der Waals surface area contributed by atoms with Gasteiger partial charge in [0, 0.05) is 94.9 Å². The maximum absolute atomic E-state index is 13.7. The Morgan fingerprint density at radius 3 is 0.674 bits per heavy atom. The number of rotatable bonds is 36. The molecule has 0 saturated heterocycles. The van der Waals surface area contributed by atoms with Crippen molar-refractivity contribution in [2.75, 3.05) is 68.8 Å². The molecule has 4 aliphatic heterocycles. The minimum Gasteiger partial charge on any atom is -0.489 e. The summed E-state index contributed by atoms with van der Waals surface area (Å²) < 4.78 is 133. The summed E-state index contributed by atoms with van der Waals surface area (Å²) in [5.74, 6) is -2.92. The van der Waals surface area contributed by atoms with Crippen molar-refractivity contribution in [2.45, 2.75) is 307 Å². The lowest BCUT2D eigenvalue weighted by Crippen LogP contribution is -2.39. The van der Waals surface area contributed by atoms with Gasteiger partial charge in [-0.3, -0.25) is 19.2 Å². The summed E-state index contributed by atoms with van der Waals surface area (Å²) in [6.45, 7) is 25.7. The van der Waals surface area contributed by atoms with Gasteiger partial charge in [-0.25, -0.2) is 33.7 Å². The Morgan fingerprint density at radius 1 is 0.333 bits per heavy atom. The molecule has 0 bridgehead atoms. The van der Waals surface area contributed by atoms with Gasteiger partial charge in [0.15, 0.2) is 39.3 Å². The van der Waals surface area contributed by atoms with Crippen LogP contribution in [0.15, 0.2) is 164 Å². The van der Waals surface area contributed by atoms with E-state index in [1.165, 1.54) is 24.3 Å². The van der Waals surface area contributed by atoms with Crippen molar-refractivity contribution in [2.24, 2.45) is 21.7 Å². The number of benzene rings is 4. The number of hydrogen-bond donors (Lipinski definition) is 4. The van der Waals surface area contributed by atoms with Gasteiger partial charge in [-0.15, -0.1) is 0 Å². The number of aliphatic carboxylic acids is 4. The van der Waals surface area contributed by atoms with Crippen LogP contribution in [0.2, 0.25) is 20.1 Å². The van der Waals surface area contributed by atoms with E-state index in [0.29, 0.717) is 48.9 Å².